The van der Waals surface area contributed by atoms with Gasteiger partial charge in [-0.2, -0.15) is 0 Å². The molecule has 4 nitrogen and oxygen atoms in total. The Labute approximate surface area is 110 Å². The molecule has 0 bridgehead atoms. The lowest BCUT2D eigenvalue weighted by atomic mass is 10.1. The number of nitrogens with zero attached hydrogens (tertiary/aromatic N) is 2. The second-order valence-electron chi connectivity index (χ2n) is 4.57. The average Bonchev–Trinajstić information content (AvgIpc) is 2.38. The van der Waals surface area contributed by atoms with Gasteiger partial charge in [0, 0.05) is 17.3 Å². The highest BCUT2D eigenvalue weighted by Gasteiger charge is 2.09. The van der Waals surface area contributed by atoms with Crippen molar-refractivity contribution in [1.82, 2.24) is 15.0 Å². The number of aromatic amines is 1. The molecule has 3 aromatic heterocycles. The van der Waals surface area contributed by atoms with Crippen LogP contribution in [0.5, 0.6) is 0 Å². The maximum Gasteiger partial charge on any atom is 0.259 e. The van der Waals surface area contributed by atoms with Gasteiger partial charge in [-0.25, -0.2) is 4.98 Å². The van der Waals surface area contributed by atoms with Crippen molar-refractivity contribution in [2.24, 2.45) is 0 Å². The minimum absolute atomic E-state index is 0.163. The third-order valence-corrected chi connectivity index (χ3v) is 3.10. The van der Waals surface area contributed by atoms with Crippen molar-refractivity contribution >= 4 is 11.0 Å². The van der Waals surface area contributed by atoms with Gasteiger partial charge in [-0.1, -0.05) is 6.07 Å². The summed E-state index contributed by atoms with van der Waals surface area (Å²) in [6.07, 6.45) is 1.68. The number of nitrogens with one attached hydrogen (secondary N) is 1. The summed E-state index contributed by atoms with van der Waals surface area (Å²) in [6, 6.07) is 9.38. The standard InChI is InChI=1S/C15H13N3O/c1-9-7-10(2)17-14-11(9)8-12(15(19)18-14)13-5-3-4-6-16-13/h3-8H,1-2H3,(H,17,18,19). The molecular weight excluding hydrogens is 238 g/mol. The zero-order chi connectivity index (χ0) is 13.4. The van der Waals surface area contributed by atoms with Crippen molar-refractivity contribution in [3.05, 3.63) is 58.1 Å². The maximum absolute atomic E-state index is 12.1. The smallest absolute Gasteiger partial charge is 0.259 e. The highest BCUT2D eigenvalue weighted by Crippen LogP contribution is 2.20. The van der Waals surface area contributed by atoms with E-state index >= 15 is 0 Å². The van der Waals surface area contributed by atoms with E-state index in [-0.39, 0.29) is 5.56 Å². The molecule has 4 heteroatoms. The Morgan fingerprint density at radius 2 is 2.00 bits per heavy atom. The van der Waals surface area contributed by atoms with Gasteiger partial charge in [0.25, 0.3) is 5.56 Å². The Hall–Kier alpha value is -2.49. The first kappa shape index (κ1) is 11.6. The number of aromatic nitrogens is 3. The molecule has 3 aromatic rings. The summed E-state index contributed by atoms with van der Waals surface area (Å²) < 4.78 is 0. The molecule has 0 fully saturated rings. The van der Waals surface area contributed by atoms with E-state index in [2.05, 4.69) is 15.0 Å². The van der Waals surface area contributed by atoms with Crippen molar-refractivity contribution in [1.29, 1.82) is 0 Å². The fourth-order valence-electron chi connectivity index (χ4n) is 2.22. The van der Waals surface area contributed by atoms with Crippen LogP contribution in [0, 0.1) is 13.8 Å². The normalized spacial score (nSPS) is 10.8. The van der Waals surface area contributed by atoms with Gasteiger partial charge in [0.05, 0.1) is 11.3 Å². The van der Waals surface area contributed by atoms with Crippen molar-refractivity contribution in [2.45, 2.75) is 13.8 Å². The summed E-state index contributed by atoms with van der Waals surface area (Å²) in [6.45, 7) is 3.93. The molecule has 0 aliphatic carbocycles. The highest BCUT2D eigenvalue weighted by atomic mass is 16.1. The summed E-state index contributed by atoms with van der Waals surface area (Å²) in [5.41, 5.74) is 3.69. The van der Waals surface area contributed by atoms with E-state index in [0.29, 0.717) is 16.9 Å². The summed E-state index contributed by atoms with van der Waals surface area (Å²) in [5.74, 6) is 0. The van der Waals surface area contributed by atoms with Crippen molar-refractivity contribution in [3.8, 4) is 11.3 Å². The number of rotatable bonds is 1. The first-order valence-electron chi connectivity index (χ1n) is 6.08. The lowest BCUT2D eigenvalue weighted by molar-refractivity contribution is 1.16. The monoisotopic (exact) mass is 251 g/mol. The number of H-pyrrole nitrogens is 1. The molecule has 0 saturated carbocycles. The van der Waals surface area contributed by atoms with Gasteiger partial charge < -0.3 is 4.98 Å². The van der Waals surface area contributed by atoms with Crippen LogP contribution in [-0.4, -0.2) is 15.0 Å². The lowest BCUT2D eigenvalue weighted by Gasteiger charge is -2.06. The van der Waals surface area contributed by atoms with Gasteiger partial charge in [-0.05, 0) is 43.7 Å². The highest BCUT2D eigenvalue weighted by molar-refractivity contribution is 5.83. The number of hydrogen-bond acceptors (Lipinski definition) is 3. The Kier molecular flexibility index (Phi) is 2.63. The Morgan fingerprint density at radius 3 is 2.74 bits per heavy atom. The molecule has 0 radical (unpaired) electrons. The molecule has 0 atom stereocenters. The summed E-state index contributed by atoms with van der Waals surface area (Å²) in [4.78, 5) is 23.5. The minimum Gasteiger partial charge on any atom is -0.306 e. The molecule has 3 heterocycles. The lowest BCUT2D eigenvalue weighted by Crippen LogP contribution is -2.10. The van der Waals surface area contributed by atoms with Crippen LogP contribution in [0.4, 0.5) is 0 Å². The molecule has 0 aliphatic heterocycles. The third kappa shape index (κ3) is 2.01. The summed E-state index contributed by atoms with van der Waals surface area (Å²) in [5, 5.41) is 0.950. The Bertz CT molecular complexity index is 807. The summed E-state index contributed by atoms with van der Waals surface area (Å²) in [7, 11) is 0. The quantitative estimate of drug-likeness (QED) is 0.723. The topological polar surface area (TPSA) is 58.6 Å². The van der Waals surface area contributed by atoms with E-state index in [1.807, 2.05) is 44.2 Å². The molecule has 0 saturated heterocycles. The molecule has 3 rings (SSSR count). The molecule has 0 unspecified atom stereocenters. The zero-order valence-corrected chi connectivity index (χ0v) is 10.8. The molecular formula is C15H13N3O. The first-order valence-corrected chi connectivity index (χ1v) is 6.08. The number of aryl methyl sites for hydroxylation is 2. The van der Waals surface area contributed by atoms with Gasteiger partial charge >= 0.3 is 0 Å². The number of pyridine rings is 3. The minimum atomic E-state index is -0.163. The van der Waals surface area contributed by atoms with E-state index < -0.39 is 0 Å². The second kappa shape index (κ2) is 4.31. The molecule has 0 aliphatic rings. The predicted molar refractivity (Wildman–Crippen MR) is 75.1 cm³/mol. The van der Waals surface area contributed by atoms with E-state index in [4.69, 9.17) is 0 Å². The fraction of sp³-hybridized carbons (Fsp3) is 0.133. The Balaban J connectivity index is 2.34. The Morgan fingerprint density at radius 1 is 1.16 bits per heavy atom. The summed E-state index contributed by atoms with van der Waals surface area (Å²) >= 11 is 0. The van der Waals surface area contributed by atoms with Crippen LogP contribution in [0.3, 0.4) is 0 Å². The van der Waals surface area contributed by atoms with Crippen LogP contribution in [0.15, 0.2) is 41.3 Å². The molecule has 1 N–H and O–H groups in total. The number of hydrogen-bond donors (Lipinski definition) is 1. The van der Waals surface area contributed by atoms with Crippen LogP contribution >= 0.6 is 0 Å². The van der Waals surface area contributed by atoms with Gasteiger partial charge in [0.15, 0.2) is 0 Å². The van der Waals surface area contributed by atoms with E-state index in [9.17, 15) is 4.79 Å². The first-order chi connectivity index (χ1) is 9.15. The maximum atomic E-state index is 12.1. The van der Waals surface area contributed by atoms with E-state index in [1.54, 1.807) is 6.20 Å². The van der Waals surface area contributed by atoms with E-state index in [0.717, 1.165) is 16.6 Å². The van der Waals surface area contributed by atoms with Gasteiger partial charge in [-0.3, -0.25) is 9.78 Å². The predicted octanol–water partition coefficient (Wildman–Crippen LogP) is 2.60. The third-order valence-electron chi connectivity index (χ3n) is 3.10. The largest absolute Gasteiger partial charge is 0.306 e. The SMILES string of the molecule is Cc1cc(C)c2cc(-c3ccccn3)c(=O)[nH]c2n1. The zero-order valence-electron chi connectivity index (χ0n) is 10.8. The van der Waals surface area contributed by atoms with Gasteiger partial charge in [-0.15, -0.1) is 0 Å². The van der Waals surface area contributed by atoms with Crippen molar-refractivity contribution in [3.63, 3.8) is 0 Å². The average molecular weight is 251 g/mol. The molecule has 0 amide bonds. The van der Waals surface area contributed by atoms with Gasteiger partial charge in [0.2, 0.25) is 0 Å². The van der Waals surface area contributed by atoms with Crippen LogP contribution in [0.25, 0.3) is 22.3 Å². The molecule has 0 spiro atoms. The van der Waals surface area contributed by atoms with Crippen LogP contribution < -0.4 is 5.56 Å². The molecule has 0 aromatic carbocycles. The second-order valence-corrected chi connectivity index (χ2v) is 4.57. The molecule has 19 heavy (non-hydrogen) atoms. The van der Waals surface area contributed by atoms with Crippen LogP contribution in [-0.2, 0) is 0 Å². The fourth-order valence-corrected chi connectivity index (χ4v) is 2.22. The molecule has 94 valence electrons. The van der Waals surface area contributed by atoms with Crippen molar-refractivity contribution in [2.75, 3.05) is 0 Å². The van der Waals surface area contributed by atoms with Crippen LogP contribution in [0.2, 0.25) is 0 Å². The number of fused-ring (bicyclic) bond motifs is 1. The van der Waals surface area contributed by atoms with E-state index in [1.165, 1.54) is 0 Å². The van der Waals surface area contributed by atoms with Crippen LogP contribution in [0.1, 0.15) is 11.3 Å². The van der Waals surface area contributed by atoms with Gasteiger partial charge in [0.1, 0.15) is 5.65 Å². The van der Waals surface area contributed by atoms with Crippen molar-refractivity contribution < 1.29 is 0 Å².